The largest absolute Gasteiger partial charge is 0.358 e. The maximum absolute atomic E-state index is 13.1. The highest BCUT2D eigenvalue weighted by Gasteiger charge is 2.19. The monoisotopic (exact) mass is 352 g/mol. The van der Waals surface area contributed by atoms with Gasteiger partial charge in [0.15, 0.2) is 11.0 Å². The lowest BCUT2D eigenvalue weighted by Crippen LogP contribution is -2.04. The van der Waals surface area contributed by atoms with Gasteiger partial charge >= 0.3 is 0 Å². The van der Waals surface area contributed by atoms with Crippen molar-refractivity contribution in [3.05, 3.63) is 40.7 Å². The number of H-pyrrole nitrogens is 1. The van der Waals surface area contributed by atoms with Crippen LogP contribution in [0.25, 0.3) is 10.9 Å². The molecule has 2 aromatic heterocycles. The minimum Gasteiger partial charge on any atom is -0.358 e. The average molecular weight is 352 g/mol. The van der Waals surface area contributed by atoms with Gasteiger partial charge in [0.1, 0.15) is 10.3 Å². The maximum Gasteiger partial charge on any atom is 0.264 e. The van der Waals surface area contributed by atoms with Gasteiger partial charge in [0.05, 0.1) is 28.0 Å². The van der Waals surface area contributed by atoms with Gasteiger partial charge in [-0.2, -0.15) is 5.26 Å². The van der Waals surface area contributed by atoms with E-state index in [9.17, 15) is 13.0 Å². The molecule has 1 atom stereocenters. The Balaban J connectivity index is 2.06. The molecule has 0 saturated carbocycles. The number of anilines is 1. The van der Waals surface area contributed by atoms with Crippen molar-refractivity contribution < 1.29 is 13.0 Å². The summed E-state index contributed by atoms with van der Waals surface area (Å²) in [7, 11) is -1.56. The fourth-order valence-electron chi connectivity index (χ4n) is 2.21. The van der Waals surface area contributed by atoms with E-state index in [1.165, 1.54) is 35.9 Å². The van der Waals surface area contributed by atoms with Crippen LogP contribution in [0.15, 0.2) is 28.7 Å². The Bertz CT molecular complexity index is 942. The molecule has 0 spiro atoms. The van der Waals surface area contributed by atoms with Crippen LogP contribution in [0.5, 0.6) is 0 Å². The molecule has 1 aromatic carbocycles. The predicted molar refractivity (Wildman–Crippen MR) is 84.9 cm³/mol. The van der Waals surface area contributed by atoms with Crippen molar-refractivity contribution in [3.8, 4) is 6.07 Å². The summed E-state index contributed by atoms with van der Waals surface area (Å²) in [6.45, 7) is 1.80. The number of rotatable bonds is 4. The molecule has 0 fully saturated rings. The van der Waals surface area contributed by atoms with Crippen molar-refractivity contribution in [2.75, 3.05) is 4.72 Å². The minimum absolute atomic E-state index is 0.123. The van der Waals surface area contributed by atoms with Crippen LogP contribution in [0.4, 0.5) is 14.5 Å². The second kappa shape index (κ2) is 6.06. The molecule has 0 aliphatic heterocycles. The molecule has 0 amide bonds. The molecular weight excluding hydrogens is 342 g/mol. The minimum atomic E-state index is -2.70. The summed E-state index contributed by atoms with van der Waals surface area (Å²) in [5, 5.41) is 10.0. The third kappa shape index (κ3) is 2.83. The van der Waals surface area contributed by atoms with E-state index < -0.39 is 17.4 Å². The number of aromatic amines is 1. The van der Waals surface area contributed by atoms with E-state index in [-0.39, 0.29) is 16.5 Å². The molecule has 1 unspecified atom stereocenters. The first-order chi connectivity index (χ1) is 11.0. The Kier molecular flexibility index (Phi) is 4.11. The molecule has 9 heteroatoms. The Morgan fingerprint density at radius 1 is 1.48 bits per heavy atom. The number of nitrogens with one attached hydrogen (secondary N) is 2. The van der Waals surface area contributed by atoms with Gasteiger partial charge in [-0.05, 0) is 13.0 Å². The van der Waals surface area contributed by atoms with E-state index in [0.717, 1.165) is 5.01 Å². The van der Waals surface area contributed by atoms with Crippen molar-refractivity contribution in [1.29, 1.82) is 5.26 Å². The number of nitrogens with zero attached hydrogens (tertiary/aromatic N) is 2. The van der Waals surface area contributed by atoms with Gasteiger partial charge in [-0.25, -0.2) is 18.0 Å². The number of halogens is 2. The zero-order valence-electron chi connectivity index (χ0n) is 11.8. The molecule has 0 radical (unpaired) electrons. The van der Waals surface area contributed by atoms with E-state index in [0.29, 0.717) is 15.4 Å². The number of hydrogen-bond acceptors (Lipinski definition) is 4. The number of thiazole rings is 1. The number of aryl methyl sites for hydroxylation is 1. The summed E-state index contributed by atoms with van der Waals surface area (Å²) in [5.74, 6) is 0. The Morgan fingerprint density at radius 2 is 2.26 bits per heavy atom. The highest BCUT2D eigenvalue weighted by Crippen LogP contribution is 2.34. The van der Waals surface area contributed by atoms with Crippen LogP contribution >= 0.6 is 11.3 Å². The summed E-state index contributed by atoms with van der Waals surface area (Å²) in [6.07, 6.45) is 0.161. The summed E-state index contributed by atoms with van der Waals surface area (Å²) in [4.78, 5) is 6.83. The smallest absolute Gasteiger partial charge is 0.264 e. The van der Waals surface area contributed by atoms with Crippen molar-refractivity contribution in [2.45, 2.75) is 17.6 Å². The van der Waals surface area contributed by atoms with Gasteiger partial charge in [-0.3, -0.25) is 4.72 Å². The summed E-state index contributed by atoms with van der Waals surface area (Å²) < 4.78 is 41.9. The highest BCUT2D eigenvalue weighted by atomic mass is 32.2. The van der Waals surface area contributed by atoms with Gasteiger partial charge in [-0.15, -0.1) is 11.3 Å². The predicted octanol–water partition coefficient (Wildman–Crippen LogP) is 3.88. The zero-order chi connectivity index (χ0) is 16.6. The summed E-state index contributed by atoms with van der Waals surface area (Å²) in [6, 6.07) is 4.54. The van der Waals surface area contributed by atoms with Crippen molar-refractivity contribution in [3.63, 3.8) is 0 Å². The number of aromatic nitrogens is 2. The van der Waals surface area contributed by atoms with E-state index in [1.54, 1.807) is 6.92 Å². The first-order valence-corrected chi connectivity index (χ1v) is 8.41. The summed E-state index contributed by atoms with van der Waals surface area (Å²) in [5.41, 5.74) is 0.602. The maximum atomic E-state index is 13.1. The van der Waals surface area contributed by atoms with Gasteiger partial charge in [0.2, 0.25) is 0 Å². The first-order valence-electron chi connectivity index (χ1n) is 6.44. The average Bonchev–Trinajstić information content (AvgIpc) is 3.13. The molecule has 0 saturated heterocycles. The molecular formula is C14H10F2N4OS2. The van der Waals surface area contributed by atoms with E-state index >= 15 is 0 Å². The normalized spacial score (nSPS) is 12.5. The van der Waals surface area contributed by atoms with Crippen LogP contribution < -0.4 is 4.72 Å². The van der Waals surface area contributed by atoms with Crippen molar-refractivity contribution >= 4 is 38.9 Å². The molecule has 2 heterocycles. The quantitative estimate of drug-likeness (QED) is 0.748. The molecule has 23 heavy (non-hydrogen) atoms. The fourth-order valence-corrected chi connectivity index (χ4v) is 4.12. The Morgan fingerprint density at radius 3 is 2.87 bits per heavy atom. The number of hydrogen-bond donors (Lipinski definition) is 2. The SMILES string of the molecule is Cc1ncc(S(=O)Nc2ccc(C(F)F)c3c(C#N)c[nH]c23)s1. The molecule has 0 bridgehead atoms. The van der Waals surface area contributed by atoms with E-state index in [1.807, 2.05) is 6.07 Å². The van der Waals surface area contributed by atoms with Gasteiger partial charge < -0.3 is 4.98 Å². The van der Waals surface area contributed by atoms with Crippen LogP contribution in [-0.4, -0.2) is 14.2 Å². The van der Waals surface area contributed by atoms with Gasteiger partial charge in [0.25, 0.3) is 6.43 Å². The third-order valence-corrected chi connectivity index (χ3v) is 5.50. The lowest BCUT2D eigenvalue weighted by molar-refractivity contribution is 0.153. The lowest BCUT2D eigenvalue weighted by atomic mass is 10.1. The molecule has 2 N–H and O–H groups in total. The Hall–Kier alpha value is -2.31. The standard InChI is InChI=1S/C14H10F2N4OS2/c1-7-18-6-11(22-7)23(21)20-10-3-2-9(14(15)16)12-8(4-17)5-19-13(10)12/h2-3,5-6,14,19-20H,1H3. The van der Waals surface area contributed by atoms with Crippen LogP contribution in [0.3, 0.4) is 0 Å². The molecule has 0 aliphatic rings. The first kappa shape index (κ1) is 15.6. The molecule has 3 rings (SSSR count). The van der Waals surface area contributed by atoms with E-state index in [2.05, 4.69) is 14.7 Å². The van der Waals surface area contributed by atoms with E-state index in [4.69, 9.17) is 5.26 Å². The van der Waals surface area contributed by atoms with Gasteiger partial charge in [-0.1, -0.05) is 6.07 Å². The zero-order valence-corrected chi connectivity index (χ0v) is 13.4. The summed E-state index contributed by atoms with van der Waals surface area (Å²) >= 11 is 1.28. The molecule has 5 nitrogen and oxygen atoms in total. The molecule has 3 aromatic rings. The molecule has 0 aliphatic carbocycles. The number of fused-ring (bicyclic) bond motifs is 1. The lowest BCUT2D eigenvalue weighted by Gasteiger charge is -2.09. The van der Waals surface area contributed by atoms with Crippen molar-refractivity contribution in [2.24, 2.45) is 0 Å². The van der Waals surface area contributed by atoms with Gasteiger partial charge in [0, 0.05) is 17.1 Å². The Labute approximate surface area is 136 Å². The number of alkyl halides is 2. The number of benzene rings is 1. The topological polar surface area (TPSA) is 81.6 Å². The highest BCUT2D eigenvalue weighted by molar-refractivity contribution is 7.88. The second-order valence-corrected chi connectivity index (χ2v) is 7.31. The van der Waals surface area contributed by atoms with Crippen LogP contribution in [0, 0.1) is 18.3 Å². The number of nitriles is 1. The van der Waals surface area contributed by atoms with Crippen LogP contribution in [0.2, 0.25) is 0 Å². The van der Waals surface area contributed by atoms with Crippen molar-refractivity contribution in [1.82, 2.24) is 9.97 Å². The fraction of sp³-hybridized carbons (Fsp3) is 0.143. The van der Waals surface area contributed by atoms with Crippen LogP contribution in [0.1, 0.15) is 22.6 Å². The second-order valence-electron chi connectivity index (χ2n) is 4.64. The molecule has 118 valence electrons. The third-order valence-electron chi connectivity index (χ3n) is 3.21. The van der Waals surface area contributed by atoms with Crippen LogP contribution in [-0.2, 0) is 11.0 Å².